The molecule has 1 saturated heterocycles. The Kier molecular flexibility index (Phi) is 9.90. The third-order valence-electron chi connectivity index (χ3n) is 4.73. The van der Waals surface area contributed by atoms with Crippen LogP contribution in [-0.4, -0.2) is 49.0 Å². The highest BCUT2D eigenvalue weighted by atomic mass is 127. The van der Waals surface area contributed by atoms with E-state index in [1.54, 1.807) is 0 Å². The first-order chi connectivity index (χ1) is 10.7. The minimum atomic E-state index is 0. The highest BCUT2D eigenvalue weighted by Gasteiger charge is 2.20. The lowest BCUT2D eigenvalue weighted by Crippen LogP contribution is -2.44. The van der Waals surface area contributed by atoms with Gasteiger partial charge in [-0.2, -0.15) is 0 Å². The zero-order chi connectivity index (χ0) is 15.8. The summed E-state index contributed by atoms with van der Waals surface area (Å²) in [6.45, 7) is 7.89. The number of carbonyl (C=O) groups is 1. The number of likely N-dealkylation sites (tertiary alicyclic amines) is 1. The molecule has 2 N–H and O–H groups in total. The van der Waals surface area contributed by atoms with Gasteiger partial charge in [0.05, 0.1) is 0 Å². The zero-order valence-corrected chi connectivity index (χ0v) is 17.0. The lowest BCUT2D eigenvalue weighted by Gasteiger charge is -2.28. The summed E-state index contributed by atoms with van der Waals surface area (Å²) < 4.78 is 0. The number of amides is 1. The Labute approximate surface area is 158 Å². The van der Waals surface area contributed by atoms with Gasteiger partial charge in [-0.05, 0) is 51.4 Å². The third-order valence-corrected chi connectivity index (χ3v) is 4.73. The lowest BCUT2D eigenvalue weighted by atomic mass is 9.87. The van der Waals surface area contributed by atoms with Crippen molar-refractivity contribution in [3.05, 3.63) is 0 Å². The monoisotopic (exact) mass is 436 g/mol. The van der Waals surface area contributed by atoms with Crippen molar-refractivity contribution >= 4 is 35.8 Å². The van der Waals surface area contributed by atoms with Crippen molar-refractivity contribution in [3.63, 3.8) is 0 Å². The first-order valence-corrected chi connectivity index (χ1v) is 9.01. The number of guanidine groups is 1. The number of hydrogen-bond donors (Lipinski definition) is 2. The molecule has 1 amide bonds. The number of carbonyl (C=O) groups excluding carboxylic acids is 1. The number of nitrogens with zero attached hydrogens (tertiary/aromatic N) is 2. The lowest BCUT2D eigenvalue weighted by molar-refractivity contribution is -0.127. The van der Waals surface area contributed by atoms with Crippen molar-refractivity contribution in [2.24, 2.45) is 10.9 Å². The predicted octanol–water partition coefficient (Wildman–Crippen LogP) is 2.75. The molecule has 0 radical (unpaired) electrons. The van der Waals surface area contributed by atoms with Gasteiger partial charge in [-0.15, -0.1) is 24.0 Å². The summed E-state index contributed by atoms with van der Waals surface area (Å²) in [7, 11) is 0. The molecule has 0 aromatic rings. The molecule has 2 fully saturated rings. The summed E-state index contributed by atoms with van der Waals surface area (Å²) >= 11 is 0. The summed E-state index contributed by atoms with van der Waals surface area (Å²) in [6, 6.07) is 0.564. The minimum Gasteiger partial charge on any atom is -0.357 e. The number of halogens is 1. The molecule has 1 aliphatic heterocycles. The molecule has 0 aromatic carbocycles. The zero-order valence-electron chi connectivity index (χ0n) is 14.6. The summed E-state index contributed by atoms with van der Waals surface area (Å²) in [4.78, 5) is 18.2. The highest BCUT2D eigenvalue weighted by molar-refractivity contribution is 14.0. The summed E-state index contributed by atoms with van der Waals surface area (Å²) in [6.07, 6.45) is 7.81. The first-order valence-electron chi connectivity index (χ1n) is 9.01. The molecule has 6 heteroatoms. The Morgan fingerprint density at radius 3 is 2.65 bits per heavy atom. The quantitative estimate of drug-likeness (QED) is 0.292. The van der Waals surface area contributed by atoms with Gasteiger partial charge in [-0.25, -0.2) is 0 Å². The van der Waals surface area contributed by atoms with Crippen LogP contribution in [0.5, 0.6) is 0 Å². The van der Waals surface area contributed by atoms with E-state index < -0.39 is 0 Å². The average Bonchev–Trinajstić information content (AvgIpc) is 2.91. The average molecular weight is 436 g/mol. The molecule has 23 heavy (non-hydrogen) atoms. The third kappa shape index (κ3) is 7.27. The number of rotatable bonds is 6. The van der Waals surface area contributed by atoms with Crippen LogP contribution in [0.15, 0.2) is 4.99 Å². The van der Waals surface area contributed by atoms with E-state index >= 15 is 0 Å². The van der Waals surface area contributed by atoms with E-state index in [0.29, 0.717) is 11.9 Å². The summed E-state index contributed by atoms with van der Waals surface area (Å²) in [5.74, 6) is 2.12. The van der Waals surface area contributed by atoms with Gasteiger partial charge in [-0.3, -0.25) is 9.79 Å². The summed E-state index contributed by atoms with van der Waals surface area (Å²) in [5.41, 5.74) is 0. The van der Waals surface area contributed by atoms with Crippen molar-refractivity contribution in [3.8, 4) is 0 Å². The Hall–Kier alpha value is -0.530. The normalized spacial score (nSPS) is 25.2. The van der Waals surface area contributed by atoms with Crippen LogP contribution in [0.1, 0.15) is 58.8 Å². The van der Waals surface area contributed by atoms with Crippen LogP contribution in [0.3, 0.4) is 0 Å². The van der Waals surface area contributed by atoms with E-state index in [2.05, 4.69) is 29.5 Å². The summed E-state index contributed by atoms with van der Waals surface area (Å²) in [5, 5.41) is 6.91. The molecule has 0 spiro atoms. The van der Waals surface area contributed by atoms with Gasteiger partial charge >= 0.3 is 0 Å². The van der Waals surface area contributed by atoms with Crippen LogP contribution in [0.2, 0.25) is 0 Å². The molecule has 134 valence electrons. The van der Waals surface area contributed by atoms with Crippen LogP contribution in [0.25, 0.3) is 0 Å². The molecule has 0 unspecified atom stereocenters. The molecule has 1 aliphatic carbocycles. The van der Waals surface area contributed by atoms with Crippen molar-refractivity contribution in [1.29, 1.82) is 0 Å². The number of aliphatic imine (C=N–C) groups is 1. The Morgan fingerprint density at radius 2 is 2.04 bits per heavy atom. The molecular weight excluding hydrogens is 403 g/mol. The maximum atomic E-state index is 11.6. The van der Waals surface area contributed by atoms with E-state index in [-0.39, 0.29) is 24.0 Å². The minimum absolute atomic E-state index is 0. The number of nitrogens with one attached hydrogen (secondary N) is 2. The number of hydrogen-bond acceptors (Lipinski definition) is 2. The second-order valence-electron chi connectivity index (χ2n) is 6.70. The fraction of sp³-hybridized carbons (Fsp3) is 0.882. The second-order valence-corrected chi connectivity index (χ2v) is 6.70. The highest BCUT2D eigenvalue weighted by Crippen LogP contribution is 2.23. The van der Waals surface area contributed by atoms with E-state index in [1.807, 2.05) is 4.90 Å². The smallest absolute Gasteiger partial charge is 0.222 e. The molecule has 1 saturated carbocycles. The van der Waals surface area contributed by atoms with Crippen molar-refractivity contribution in [2.45, 2.75) is 64.8 Å². The van der Waals surface area contributed by atoms with Gasteiger partial charge < -0.3 is 15.5 Å². The first kappa shape index (κ1) is 20.5. The van der Waals surface area contributed by atoms with Crippen molar-refractivity contribution in [2.75, 3.05) is 26.2 Å². The van der Waals surface area contributed by atoms with Gasteiger partial charge in [0, 0.05) is 38.6 Å². The van der Waals surface area contributed by atoms with Crippen molar-refractivity contribution < 1.29 is 4.79 Å². The fourth-order valence-corrected chi connectivity index (χ4v) is 3.31. The molecule has 2 aliphatic rings. The molecule has 0 aromatic heterocycles. The topological polar surface area (TPSA) is 56.7 Å². The Morgan fingerprint density at radius 1 is 1.30 bits per heavy atom. The maximum Gasteiger partial charge on any atom is 0.222 e. The standard InChI is InChI=1S/C17H32N4O.HI/c1-3-18-17(20-15-9-7-14(2)8-10-15)19-11-5-13-21-12-4-6-16(21)22;/h14-15H,3-13H2,1-2H3,(H2,18,19,20);1H. The van der Waals surface area contributed by atoms with Crippen molar-refractivity contribution in [1.82, 2.24) is 15.5 Å². The Balaban J connectivity index is 0.00000264. The fourth-order valence-electron chi connectivity index (χ4n) is 3.31. The van der Waals surface area contributed by atoms with Crippen LogP contribution >= 0.6 is 24.0 Å². The molecule has 0 atom stereocenters. The van der Waals surface area contributed by atoms with E-state index in [0.717, 1.165) is 57.3 Å². The largest absolute Gasteiger partial charge is 0.357 e. The Bertz CT molecular complexity index is 381. The van der Waals surface area contributed by atoms with Gasteiger partial charge in [0.1, 0.15) is 0 Å². The second kappa shape index (κ2) is 11.1. The molecule has 1 heterocycles. The van der Waals surface area contributed by atoms with Crippen LogP contribution in [0.4, 0.5) is 0 Å². The predicted molar refractivity (Wildman–Crippen MR) is 106 cm³/mol. The van der Waals surface area contributed by atoms with Gasteiger partial charge in [0.2, 0.25) is 5.91 Å². The maximum absolute atomic E-state index is 11.6. The molecular formula is C17H33IN4O. The van der Waals surface area contributed by atoms with Gasteiger partial charge in [-0.1, -0.05) is 6.92 Å². The van der Waals surface area contributed by atoms with Crippen LogP contribution in [0, 0.1) is 5.92 Å². The van der Waals surface area contributed by atoms with E-state index in [9.17, 15) is 4.79 Å². The van der Waals surface area contributed by atoms with Gasteiger partial charge in [0.25, 0.3) is 0 Å². The molecule has 2 rings (SSSR count). The SMILES string of the molecule is CCNC(=NCCCN1CCCC1=O)NC1CCC(C)CC1.I. The van der Waals surface area contributed by atoms with Crippen LogP contribution < -0.4 is 10.6 Å². The molecule has 5 nitrogen and oxygen atoms in total. The molecule has 0 bridgehead atoms. The van der Waals surface area contributed by atoms with E-state index in [1.165, 1.54) is 25.7 Å². The van der Waals surface area contributed by atoms with Gasteiger partial charge in [0.15, 0.2) is 5.96 Å². The van der Waals surface area contributed by atoms with Crippen LogP contribution in [-0.2, 0) is 4.79 Å². The van der Waals surface area contributed by atoms with E-state index in [4.69, 9.17) is 0 Å².